The van der Waals surface area contributed by atoms with Gasteiger partial charge in [0.1, 0.15) is 11.5 Å². The molecular formula is C54H37NO. The third-order valence-corrected chi connectivity index (χ3v) is 10.7. The summed E-state index contributed by atoms with van der Waals surface area (Å²) >= 11 is 0. The molecule has 0 saturated carbocycles. The van der Waals surface area contributed by atoms with Crippen molar-refractivity contribution in [2.24, 2.45) is 0 Å². The maximum Gasteiger partial charge on any atom is 0.135 e. The van der Waals surface area contributed by atoms with Gasteiger partial charge in [-0.3, -0.25) is 0 Å². The molecule has 2 nitrogen and oxygen atoms in total. The first-order chi connectivity index (χ1) is 27.8. The molecule has 264 valence electrons. The zero-order chi connectivity index (χ0) is 37.3. The van der Waals surface area contributed by atoms with Crippen LogP contribution < -0.4 is 9.64 Å². The van der Waals surface area contributed by atoms with E-state index in [-0.39, 0.29) is 0 Å². The summed E-state index contributed by atoms with van der Waals surface area (Å²) in [6.45, 7) is 0. The molecule has 0 bridgehead atoms. The van der Waals surface area contributed by atoms with Crippen LogP contribution in [-0.2, 0) is 0 Å². The number of ether oxygens (including phenoxy) is 1. The minimum atomic E-state index is 0.849. The maximum atomic E-state index is 6.86. The summed E-state index contributed by atoms with van der Waals surface area (Å²) < 4.78 is 6.86. The maximum absolute atomic E-state index is 6.86. The van der Waals surface area contributed by atoms with Crippen LogP contribution in [0.5, 0.6) is 11.5 Å². The fourth-order valence-corrected chi connectivity index (χ4v) is 8.03. The molecule has 0 saturated heterocycles. The molecule has 9 aromatic carbocycles. The summed E-state index contributed by atoms with van der Waals surface area (Å²) in [5, 5.41) is 0. The van der Waals surface area contributed by atoms with E-state index in [0.29, 0.717) is 0 Å². The van der Waals surface area contributed by atoms with E-state index in [4.69, 9.17) is 4.74 Å². The summed E-state index contributed by atoms with van der Waals surface area (Å²) in [4.78, 5) is 2.33. The fraction of sp³-hybridized carbons (Fsp3) is 0. The van der Waals surface area contributed by atoms with Gasteiger partial charge in [-0.1, -0.05) is 176 Å². The SMILES string of the molecule is c1ccc(-c2ccc(N(c3ccc(-c4ccccc4)cc3)c3ccc(-c4cccc5c4-c4ccccc4-c4c(cccc4-c4ccccc4)O5)cc3)cc2)cc1. The van der Waals surface area contributed by atoms with Crippen LogP contribution >= 0.6 is 0 Å². The third-order valence-electron chi connectivity index (χ3n) is 10.7. The van der Waals surface area contributed by atoms with Gasteiger partial charge in [0.25, 0.3) is 0 Å². The Morgan fingerprint density at radius 1 is 0.232 bits per heavy atom. The van der Waals surface area contributed by atoms with Gasteiger partial charge < -0.3 is 9.64 Å². The predicted octanol–water partition coefficient (Wildman–Crippen LogP) is 15.3. The van der Waals surface area contributed by atoms with E-state index in [1.54, 1.807) is 0 Å². The lowest BCUT2D eigenvalue weighted by atomic mass is 9.87. The Hall–Kier alpha value is -7.42. The summed E-state index contributed by atoms with van der Waals surface area (Å²) in [5.41, 5.74) is 17.1. The summed E-state index contributed by atoms with van der Waals surface area (Å²) in [6.07, 6.45) is 0. The molecule has 9 aromatic rings. The van der Waals surface area contributed by atoms with Gasteiger partial charge in [-0.05, 0) is 104 Å². The van der Waals surface area contributed by atoms with E-state index in [0.717, 1.165) is 67.5 Å². The molecule has 1 aliphatic rings. The average Bonchev–Trinajstić information content (AvgIpc) is 3.43. The van der Waals surface area contributed by atoms with Crippen LogP contribution in [0.15, 0.2) is 224 Å². The minimum Gasteiger partial charge on any atom is -0.456 e. The highest BCUT2D eigenvalue weighted by Crippen LogP contribution is 2.52. The second-order valence-corrected chi connectivity index (χ2v) is 14.1. The topological polar surface area (TPSA) is 12.5 Å². The quantitative estimate of drug-likeness (QED) is 0.163. The number of anilines is 3. The lowest BCUT2D eigenvalue weighted by Gasteiger charge is -2.26. The van der Waals surface area contributed by atoms with E-state index in [2.05, 4.69) is 229 Å². The molecule has 0 aliphatic carbocycles. The van der Waals surface area contributed by atoms with Crippen molar-refractivity contribution < 1.29 is 4.74 Å². The zero-order valence-electron chi connectivity index (χ0n) is 30.7. The van der Waals surface area contributed by atoms with Crippen molar-refractivity contribution in [3.63, 3.8) is 0 Å². The van der Waals surface area contributed by atoms with Gasteiger partial charge in [0, 0.05) is 28.2 Å². The second-order valence-electron chi connectivity index (χ2n) is 14.1. The monoisotopic (exact) mass is 715 g/mol. The highest BCUT2D eigenvalue weighted by atomic mass is 16.5. The standard InChI is InChI=1S/C54H37NO/c1-4-14-38(15-5-1)40-26-32-44(33-27-40)55(45-34-28-41(29-35-45)39-16-6-2-7-17-39)46-36-30-43(31-37-46)48-23-13-25-52-54(48)50-21-11-10-20-49(50)53-47(22-12-24-51(53)56-52)42-18-8-3-9-19-42/h1-37H. The molecule has 10 rings (SSSR count). The van der Waals surface area contributed by atoms with Crippen LogP contribution in [0.25, 0.3) is 66.8 Å². The van der Waals surface area contributed by atoms with E-state index >= 15 is 0 Å². The predicted molar refractivity (Wildman–Crippen MR) is 234 cm³/mol. The number of benzene rings is 9. The highest BCUT2D eigenvalue weighted by Gasteiger charge is 2.26. The van der Waals surface area contributed by atoms with Crippen LogP contribution in [0.2, 0.25) is 0 Å². The smallest absolute Gasteiger partial charge is 0.135 e. The molecule has 0 spiro atoms. The molecule has 0 fully saturated rings. The van der Waals surface area contributed by atoms with Crippen molar-refractivity contribution in [3.8, 4) is 78.3 Å². The first kappa shape index (κ1) is 33.2. The summed E-state index contributed by atoms with van der Waals surface area (Å²) in [7, 11) is 0. The van der Waals surface area contributed by atoms with Gasteiger partial charge in [-0.15, -0.1) is 0 Å². The molecule has 1 aliphatic heterocycles. The Bertz CT molecular complexity index is 2690. The second kappa shape index (κ2) is 14.4. The first-order valence-electron chi connectivity index (χ1n) is 19.1. The Morgan fingerprint density at radius 3 is 0.946 bits per heavy atom. The van der Waals surface area contributed by atoms with Crippen LogP contribution in [-0.4, -0.2) is 0 Å². The van der Waals surface area contributed by atoms with E-state index in [9.17, 15) is 0 Å². The number of rotatable bonds is 7. The molecule has 56 heavy (non-hydrogen) atoms. The van der Waals surface area contributed by atoms with Crippen molar-refractivity contribution in [1.82, 2.24) is 0 Å². The van der Waals surface area contributed by atoms with E-state index < -0.39 is 0 Å². The highest BCUT2D eigenvalue weighted by molar-refractivity contribution is 6.01. The largest absolute Gasteiger partial charge is 0.456 e. The number of hydrogen-bond donors (Lipinski definition) is 0. The van der Waals surface area contributed by atoms with Crippen molar-refractivity contribution in [2.45, 2.75) is 0 Å². The van der Waals surface area contributed by atoms with Crippen molar-refractivity contribution in [1.29, 1.82) is 0 Å². The Balaban J connectivity index is 1.06. The van der Waals surface area contributed by atoms with E-state index in [1.807, 2.05) is 0 Å². The molecule has 0 atom stereocenters. The van der Waals surface area contributed by atoms with Crippen molar-refractivity contribution in [3.05, 3.63) is 224 Å². The van der Waals surface area contributed by atoms with Crippen LogP contribution in [0.4, 0.5) is 17.1 Å². The molecule has 0 amide bonds. The number of hydrogen-bond acceptors (Lipinski definition) is 2. The molecular weight excluding hydrogens is 679 g/mol. The van der Waals surface area contributed by atoms with Gasteiger partial charge >= 0.3 is 0 Å². The van der Waals surface area contributed by atoms with Gasteiger partial charge in [0.05, 0.1) is 0 Å². The van der Waals surface area contributed by atoms with Gasteiger partial charge in [0.15, 0.2) is 0 Å². The third kappa shape index (κ3) is 6.14. The lowest BCUT2D eigenvalue weighted by Crippen LogP contribution is -2.09. The fourth-order valence-electron chi connectivity index (χ4n) is 8.03. The Kier molecular flexibility index (Phi) is 8.55. The van der Waals surface area contributed by atoms with E-state index in [1.165, 1.54) is 27.8 Å². The molecule has 2 heteroatoms. The average molecular weight is 716 g/mol. The normalized spacial score (nSPS) is 11.4. The van der Waals surface area contributed by atoms with Gasteiger partial charge in [0.2, 0.25) is 0 Å². The molecule has 1 heterocycles. The molecule has 0 unspecified atom stereocenters. The summed E-state index contributed by atoms with van der Waals surface area (Å²) in [6, 6.07) is 79.8. The molecule has 0 aromatic heterocycles. The van der Waals surface area contributed by atoms with Gasteiger partial charge in [-0.2, -0.15) is 0 Å². The van der Waals surface area contributed by atoms with Crippen LogP contribution in [0, 0.1) is 0 Å². The lowest BCUT2D eigenvalue weighted by molar-refractivity contribution is 0.488. The van der Waals surface area contributed by atoms with Crippen LogP contribution in [0.3, 0.4) is 0 Å². The molecule has 0 N–H and O–H groups in total. The van der Waals surface area contributed by atoms with Crippen molar-refractivity contribution in [2.75, 3.05) is 4.90 Å². The number of fused-ring (bicyclic) bond motifs is 5. The number of nitrogens with zero attached hydrogens (tertiary/aromatic N) is 1. The van der Waals surface area contributed by atoms with Crippen molar-refractivity contribution >= 4 is 17.1 Å². The Morgan fingerprint density at radius 2 is 0.536 bits per heavy atom. The van der Waals surface area contributed by atoms with Crippen LogP contribution in [0.1, 0.15) is 0 Å². The first-order valence-corrected chi connectivity index (χ1v) is 19.1. The van der Waals surface area contributed by atoms with Gasteiger partial charge in [-0.25, -0.2) is 0 Å². The summed E-state index contributed by atoms with van der Waals surface area (Å²) in [5.74, 6) is 1.71. The zero-order valence-corrected chi connectivity index (χ0v) is 30.7. The Labute approximate surface area is 328 Å². The minimum absolute atomic E-state index is 0.849. The molecule has 0 radical (unpaired) electrons.